The number of amides is 1. The highest BCUT2D eigenvalue weighted by molar-refractivity contribution is 7.99. The third-order valence-electron chi connectivity index (χ3n) is 3.62. The summed E-state index contributed by atoms with van der Waals surface area (Å²) in [5, 5.41) is 2.51. The van der Waals surface area contributed by atoms with Gasteiger partial charge in [0.05, 0.1) is 21.3 Å². The van der Waals surface area contributed by atoms with E-state index in [2.05, 4.69) is 5.32 Å². The van der Waals surface area contributed by atoms with Gasteiger partial charge in [-0.25, -0.2) is 4.79 Å². The summed E-state index contributed by atoms with van der Waals surface area (Å²) in [6.07, 6.45) is 0. The van der Waals surface area contributed by atoms with Crippen molar-refractivity contribution in [3.8, 4) is 17.2 Å². The maximum absolute atomic E-state index is 12.3. The third kappa shape index (κ3) is 6.24. The van der Waals surface area contributed by atoms with Gasteiger partial charge in [-0.2, -0.15) is 8.78 Å². The van der Waals surface area contributed by atoms with E-state index in [1.54, 1.807) is 0 Å². The zero-order valence-corrected chi connectivity index (χ0v) is 16.7. The second kappa shape index (κ2) is 10.5. The first-order valence-corrected chi connectivity index (χ1v) is 9.07. The fourth-order valence-electron chi connectivity index (χ4n) is 2.31. The van der Waals surface area contributed by atoms with Crippen molar-refractivity contribution in [2.45, 2.75) is 10.7 Å². The number of rotatable bonds is 9. The highest BCUT2D eigenvalue weighted by atomic mass is 32.2. The predicted octanol–water partition coefficient (Wildman–Crippen LogP) is 3.82. The van der Waals surface area contributed by atoms with Gasteiger partial charge in [0.15, 0.2) is 18.1 Å². The molecular formula is C19H19F2NO6S. The highest BCUT2D eigenvalue weighted by Gasteiger charge is 2.20. The number of carbonyl (C=O) groups is 2. The SMILES string of the molecule is COc1cc(OC)c(C(=O)OCC(=O)Nc2ccc(SC(F)F)cc2)cc1OC. The molecule has 156 valence electrons. The number of carbonyl (C=O) groups excluding carboxylic acids is 2. The van der Waals surface area contributed by atoms with E-state index >= 15 is 0 Å². The maximum atomic E-state index is 12.3. The smallest absolute Gasteiger partial charge is 0.342 e. The molecule has 0 fully saturated rings. The fourth-order valence-corrected chi connectivity index (χ4v) is 2.81. The molecule has 0 aliphatic carbocycles. The molecule has 1 N–H and O–H groups in total. The van der Waals surface area contributed by atoms with Gasteiger partial charge in [0.2, 0.25) is 0 Å². The topological polar surface area (TPSA) is 83.1 Å². The lowest BCUT2D eigenvalue weighted by Gasteiger charge is -2.13. The first kappa shape index (κ1) is 22.3. The van der Waals surface area contributed by atoms with Crippen LogP contribution in [0.2, 0.25) is 0 Å². The second-order valence-corrected chi connectivity index (χ2v) is 6.50. The van der Waals surface area contributed by atoms with Crippen molar-refractivity contribution in [1.82, 2.24) is 0 Å². The number of nitrogens with one attached hydrogen (secondary N) is 1. The Labute approximate surface area is 170 Å². The van der Waals surface area contributed by atoms with E-state index in [9.17, 15) is 18.4 Å². The predicted molar refractivity (Wildman–Crippen MR) is 103 cm³/mol. The number of hydrogen-bond donors (Lipinski definition) is 1. The lowest BCUT2D eigenvalue weighted by atomic mass is 10.1. The van der Waals surface area contributed by atoms with Crippen LogP contribution in [0.5, 0.6) is 17.2 Å². The summed E-state index contributed by atoms with van der Waals surface area (Å²) in [5.74, 6) is -3.05. The number of alkyl halides is 2. The number of anilines is 1. The van der Waals surface area contributed by atoms with Crippen LogP contribution in [0.4, 0.5) is 14.5 Å². The van der Waals surface area contributed by atoms with Gasteiger partial charge in [-0.3, -0.25) is 4.79 Å². The first-order chi connectivity index (χ1) is 13.9. The van der Waals surface area contributed by atoms with E-state index in [0.29, 0.717) is 33.8 Å². The molecule has 0 aliphatic rings. The van der Waals surface area contributed by atoms with E-state index in [-0.39, 0.29) is 11.3 Å². The van der Waals surface area contributed by atoms with E-state index in [0.717, 1.165) is 0 Å². The van der Waals surface area contributed by atoms with Crippen LogP contribution < -0.4 is 19.5 Å². The summed E-state index contributed by atoms with van der Waals surface area (Å²) in [7, 11) is 4.23. The fraction of sp³-hybridized carbons (Fsp3) is 0.263. The number of hydrogen-bond acceptors (Lipinski definition) is 7. The lowest BCUT2D eigenvalue weighted by molar-refractivity contribution is -0.119. The van der Waals surface area contributed by atoms with Crippen LogP contribution in [0.3, 0.4) is 0 Å². The van der Waals surface area contributed by atoms with Gasteiger partial charge in [-0.05, 0) is 24.3 Å². The van der Waals surface area contributed by atoms with Crippen LogP contribution in [0.1, 0.15) is 10.4 Å². The number of benzene rings is 2. The number of ether oxygens (including phenoxy) is 4. The number of methoxy groups -OCH3 is 3. The Balaban J connectivity index is 1.98. The molecule has 0 atom stereocenters. The number of esters is 1. The van der Waals surface area contributed by atoms with Crippen molar-refractivity contribution in [1.29, 1.82) is 0 Å². The molecule has 0 aromatic heterocycles. The molecule has 0 spiro atoms. The molecule has 29 heavy (non-hydrogen) atoms. The zero-order chi connectivity index (χ0) is 21.4. The van der Waals surface area contributed by atoms with Gasteiger partial charge in [0.1, 0.15) is 11.3 Å². The normalized spacial score (nSPS) is 10.4. The Bertz CT molecular complexity index is 861. The van der Waals surface area contributed by atoms with Gasteiger partial charge in [0.25, 0.3) is 11.7 Å². The van der Waals surface area contributed by atoms with E-state index < -0.39 is 24.2 Å². The van der Waals surface area contributed by atoms with Crippen LogP contribution in [-0.2, 0) is 9.53 Å². The standard InChI is InChI=1S/C19H19F2NO6S/c1-25-14-9-16(27-3)15(26-2)8-13(14)18(24)28-10-17(23)22-11-4-6-12(7-5-11)29-19(20)21/h4-9,19H,10H2,1-3H3,(H,22,23). The first-order valence-electron chi connectivity index (χ1n) is 8.19. The Morgan fingerprint density at radius 2 is 1.55 bits per heavy atom. The van der Waals surface area contributed by atoms with Crippen molar-refractivity contribution in [3.63, 3.8) is 0 Å². The van der Waals surface area contributed by atoms with Gasteiger partial charge in [0, 0.05) is 22.7 Å². The van der Waals surface area contributed by atoms with Gasteiger partial charge >= 0.3 is 5.97 Å². The van der Waals surface area contributed by atoms with Crippen LogP contribution >= 0.6 is 11.8 Å². The Kier molecular flexibility index (Phi) is 8.08. The zero-order valence-electron chi connectivity index (χ0n) is 15.9. The largest absolute Gasteiger partial charge is 0.496 e. The Morgan fingerprint density at radius 1 is 0.966 bits per heavy atom. The quantitative estimate of drug-likeness (QED) is 0.481. The molecule has 0 bridgehead atoms. The summed E-state index contributed by atoms with van der Waals surface area (Å²) in [6.45, 7) is -0.552. The van der Waals surface area contributed by atoms with Crippen molar-refractivity contribution in [3.05, 3.63) is 42.0 Å². The average molecular weight is 427 g/mol. The molecule has 0 radical (unpaired) electrons. The highest BCUT2D eigenvalue weighted by Crippen LogP contribution is 2.35. The minimum atomic E-state index is -2.52. The molecule has 0 unspecified atom stereocenters. The lowest BCUT2D eigenvalue weighted by Crippen LogP contribution is -2.21. The van der Waals surface area contributed by atoms with Crippen LogP contribution in [0.15, 0.2) is 41.3 Å². The van der Waals surface area contributed by atoms with E-state index in [1.807, 2.05) is 0 Å². The van der Waals surface area contributed by atoms with Crippen molar-refractivity contribution < 1.29 is 37.3 Å². The monoisotopic (exact) mass is 427 g/mol. The Hall–Kier alpha value is -3.01. The van der Waals surface area contributed by atoms with Gasteiger partial charge in [-0.15, -0.1) is 0 Å². The molecular weight excluding hydrogens is 408 g/mol. The summed E-state index contributed by atoms with van der Waals surface area (Å²) in [6, 6.07) is 8.70. The number of halogens is 2. The third-order valence-corrected chi connectivity index (χ3v) is 4.35. The Morgan fingerprint density at radius 3 is 2.10 bits per heavy atom. The van der Waals surface area contributed by atoms with E-state index in [4.69, 9.17) is 18.9 Å². The minimum Gasteiger partial charge on any atom is -0.496 e. The molecule has 0 aliphatic heterocycles. The minimum absolute atomic E-state index is 0.0614. The van der Waals surface area contributed by atoms with Crippen LogP contribution in [-0.4, -0.2) is 45.6 Å². The summed E-state index contributed by atoms with van der Waals surface area (Å²) in [5.41, 5.74) is 0.444. The molecule has 0 heterocycles. The molecule has 2 aromatic carbocycles. The summed E-state index contributed by atoms with van der Waals surface area (Å²) >= 11 is 0.400. The average Bonchev–Trinajstić information content (AvgIpc) is 2.71. The molecule has 0 saturated carbocycles. The van der Waals surface area contributed by atoms with E-state index in [1.165, 1.54) is 57.7 Å². The van der Waals surface area contributed by atoms with Crippen molar-refractivity contribution in [2.75, 3.05) is 33.3 Å². The summed E-state index contributed by atoms with van der Waals surface area (Å²) < 4.78 is 45.1. The maximum Gasteiger partial charge on any atom is 0.342 e. The molecule has 2 rings (SSSR count). The van der Waals surface area contributed by atoms with Crippen molar-refractivity contribution >= 4 is 29.3 Å². The molecule has 7 nitrogen and oxygen atoms in total. The van der Waals surface area contributed by atoms with Crippen LogP contribution in [0.25, 0.3) is 0 Å². The molecule has 1 amide bonds. The summed E-state index contributed by atoms with van der Waals surface area (Å²) in [4.78, 5) is 24.7. The van der Waals surface area contributed by atoms with Crippen molar-refractivity contribution in [2.24, 2.45) is 0 Å². The molecule has 2 aromatic rings. The second-order valence-electron chi connectivity index (χ2n) is 5.43. The van der Waals surface area contributed by atoms with Gasteiger partial charge < -0.3 is 24.3 Å². The molecule has 0 saturated heterocycles. The number of thioether (sulfide) groups is 1. The van der Waals surface area contributed by atoms with Crippen LogP contribution in [0, 0.1) is 0 Å². The van der Waals surface area contributed by atoms with Gasteiger partial charge in [-0.1, -0.05) is 11.8 Å². The molecule has 10 heteroatoms.